The van der Waals surface area contributed by atoms with Gasteiger partial charge in [0.2, 0.25) is 5.91 Å². The fraction of sp³-hybridized carbons (Fsp3) is 0.417. The van der Waals surface area contributed by atoms with Crippen molar-refractivity contribution in [1.29, 1.82) is 0 Å². The number of nitrogens with one attached hydrogen (secondary N) is 1. The zero-order valence-corrected chi connectivity index (χ0v) is 9.70. The van der Waals surface area contributed by atoms with E-state index in [1.54, 1.807) is 4.90 Å². The summed E-state index contributed by atoms with van der Waals surface area (Å²) < 4.78 is 26.6. The van der Waals surface area contributed by atoms with Crippen molar-refractivity contribution in [2.75, 3.05) is 25.0 Å². The number of carbonyl (C=O) groups is 1. The average molecular weight is 256 g/mol. The number of anilines is 1. The maximum absolute atomic E-state index is 13.3. The summed E-state index contributed by atoms with van der Waals surface area (Å²) in [4.78, 5) is 13.3. The Morgan fingerprint density at radius 1 is 1.44 bits per heavy atom. The molecule has 0 saturated carbocycles. The Morgan fingerprint density at radius 2 is 2.11 bits per heavy atom. The van der Waals surface area contributed by atoms with Gasteiger partial charge in [-0.2, -0.15) is 0 Å². The lowest BCUT2D eigenvalue weighted by molar-refractivity contribution is -0.117. The van der Waals surface area contributed by atoms with E-state index in [0.717, 1.165) is 12.1 Å². The molecule has 1 heterocycles. The largest absolute Gasteiger partial charge is 0.392 e. The molecule has 1 atom stereocenters. The third-order valence-electron chi connectivity index (χ3n) is 2.84. The van der Waals surface area contributed by atoms with Crippen molar-refractivity contribution in [3.63, 3.8) is 0 Å². The predicted octanol–water partition coefficient (Wildman–Crippen LogP) is 0.970. The van der Waals surface area contributed by atoms with Crippen LogP contribution in [0, 0.1) is 11.6 Å². The lowest BCUT2D eigenvalue weighted by Gasteiger charge is -2.14. The number of likely N-dealkylation sites (tertiary alicyclic amines) is 1. The van der Waals surface area contributed by atoms with E-state index in [1.165, 1.54) is 6.07 Å². The van der Waals surface area contributed by atoms with E-state index in [0.29, 0.717) is 19.5 Å². The highest BCUT2D eigenvalue weighted by Crippen LogP contribution is 2.18. The monoisotopic (exact) mass is 256 g/mol. The molecule has 4 nitrogen and oxygen atoms in total. The molecule has 0 spiro atoms. The molecule has 98 valence electrons. The Kier molecular flexibility index (Phi) is 3.88. The number of nitrogens with zero attached hydrogens (tertiary/aromatic N) is 1. The molecular formula is C12H14F2N2O2. The number of β-amino-alcohol motifs (C(OH)–C–C–N with tert-alkyl or cyclic N) is 1. The Bertz CT molecular complexity index is 433. The predicted molar refractivity (Wildman–Crippen MR) is 62.1 cm³/mol. The molecule has 2 rings (SSSR count). The van der Waals surface area contributed by atoms with E-state index in [-0.39, 0.29) is 6.54 Å². The Balaban J connectivity index is 1.95. The summed E-state index contributed by atoms with van der Waals surface area (Å²) in [7, 11) is 0. The number of benzene rings is 1. The van der Waals surface area contributed by atoms with Crippen molar-refractivity contribution in [1.82, 2.24) is 4.90 Å². The molecule has 1 unspecified atom stereocenters. The van der Waals surface area contributed by atoms with Gasteiger partial charge in [0, 0.05) is 13.1 Å². The molecule has 2 N–H and O–H groups in total. The first-order chi connectivity index (χ1) is 8.56. The van der Waals surface area contributed by atoms with Crippen molar-refractivity contribution in [2.24, 2.45) is 0 Å². The van der Waals surface area contributed by atoms with Gasteiger partial charge in [0.1, 0.15) is 17.3 Å². The molecule has 1 saturated heterocycles. The lowest BCUT2D eigenvalue weighted by Crippen LogP contribution is -2.32. The Labute approximate surface area is 103 Å². The van der Waals surface area contributed by atoms with Crippen LogP contribution in [0.5, 0.6) is 0 Å². The highest BCUT2D eigenvalue weighted by Gasteiger charge is 2.22. The van der Waals surface area contributed by atoms with Gasteiger partial charge in [-0.1, -0.05) is 6.07 Å². The van der Waals surface area contributed by atoms with Crippen LogP contribution in [0.2, 0.25) is 0 Å². The van der Waals surface area contributed by atoms with Gasteiger partial charge in [-0.15, -0.1) is 0 Å². The summed E-state index contributed by atoms with van der Waals surface area (Å²) in [5.41, 5.74) is -0.428. The minimum Gasteiger partial charge on any atom is -0.392 e. The molecule has 1 fully saturated rings. The Hall–Kier alpha value is -1.53. The first-order valence-electron chi connectivity index (χ1n) is 5.70. The SMILES string of the molecule is O=C(CN1CCC(O)C1)Nc1c(F)cccc1F. The smallest absolute Gasteiger partial charge is 0.238 e. The number of aliphatic hydroxyl groups is 1. The van der Waals surface area contributed by atoms with Crippen molar-refractivity contribution < 1.29 is 18.7 Å². The van der Waals surface area contributed by atoms with Gasteiger partial charge in [0.25, 0.3) is 0 Å². The van der Waals surface area contributed by atoms with Crippen LogP contribution in [0.1, 0.15) is 6.42 Å². The zero-order valence-electron chi connectivity index (χ0n) is 9.70. The second kappa shape index (κ2) is 5.41. The fourth-order valence-corrected chi connectivity index (χ4v) is 1.96. The van der Waals surface area contributed by atoms with E-state index in [2.05, 4.69) is 5.32 Å². The fourth-order valence-electron chi connectivity index (χ4n) is 1.96. The molecule has 0 aromatic heterocycles. The number of halogens is 2. The van der Waals surface area contributed by atoms with Crippen molar-refractivity contribution in [2.45, 2.75) is 12.5 Å². The minimum absolute atomic E-state index is 0.0187. The standard InChI is InChI=1S/C12H14F2N2O2/c13-9-2-1-3-10(14)12(9)15-11(18)7-16-5-4-8(17)6-16/h1-3,8,17H,4-7H2,(H,15,18). The lowest BCUT2D eigenvalue weighted by atomic mass is 10.3. The van der Waals surface area contributed by atoms with Crippen LogP contribution in [-0.2, 0) is 4.79 Å². The molecule has 1 aromatic carbocycles. The molecule has 6 heteroatoms. The van der Waals surface area contributed by atoms with Crippen molar-refractivity contribution >= 4 is 11.6 Å². The third kappa shape index (κ3) is 3.02. The highest BCUT2D eigenvalue weighted by molar-refractivity contribution is 5.92. The maximum atomic E-state index is 13.3. The van der Waals surface area contributed by atoms with E-state index in [4.69, 9.17) is 0 Å². The Morgan fingerprint density at radius 3 is 2.67 bits per heavy atom. The van der Waals surface area contributed by atoms with Gasteiger partial charge >= 0.3 is 0 Å². The van der Waals surface area contributed by atoms with Crippen LogP contribution in [0.25, 0.3) is 0 Å². The molecular weight excluding hydrogens is 242 g/mol. The van der Waals surface area contributed by atoms with Crippen molar-refractivity contribution in [3.05, 3.63) is 29.8 Å². The molecule has 18 heavy (non-hydrogen) atoms. The minimum atomic E-state index is -0.801. The number of para-hydroxylation sites is 1. The highest BCUT2D eigenvalue weighted by atomic mass is 19.1. The van der Waals surface area contributed by atoms with Crippen LogP contribution in [0.3, 0.4) is 0 Å². The average Bonchev–Trinajstić information content (AvgIpc) is 2.69. The van der Waals surface area contributed by atoms with E-state index in [9.17, 15) is 18.7 Å². The number of hydrogen-bond acceptors (Lipinski definition) is 3. The first kappa shape index (κ1) is 12.9. The number of rotatable bonds is 3. The van der Waals surface area contributed by atoms with Gasteiger partial charge in [0.05, 0.1) is 12.6 Å². The summed E-state index contributed by atoms with van der Waals surface area (Å²) >= 11 is 0. The van der Waals surface area contributed by atoms with Gasteiger partial charge in [-0.3, -0.25) is 9.69 Å². The third-order valence-corrected chi connectivity index (χ3v) is 2.84. The molecule has 1 aromatic rings. The van der Waals surface area contributed by atoms with Crippen LogP contribution in [0.4, 0.5) is 14.5 Å². The van der Waals surface area contributed by atoms with Crippen LogP contribution < -0.4 is 5.32 Å². The van der Waals surface area contributed by atoms with E-state index >= 15 is 0 Å². The van der Waals surface area contributed by atoms with Crippen molar-refractivity contribution in [3.8, 4) is 0 Å². The molecule has 1 aliphatic rings. The van der Waals surface area contributed by atoms with E-state index < -0.39 is 29.3 Å². The molecule has 1 aliphatic heterocycles. The second-order valence-corrected chi connectivity index (χ2v) is 4.32. The van der Waals surface area contributed by atoms with Gasteiger partial charge in [-0.25, -0.2) is 8.78 Å². The van der Waals surface area contributed by atoms with Crippen LogP contribution in [0.15, 0.2) is 18.2 Å². The first-order valence-corrected chi connectivity index (χ1v) is 5.70. The molecule has 0 aliphatic carbocycles. The maximum Gasteiger partial charge on any atom is 0.238 e. The van der Waals surface area contributed by atoms with Gasteiger partial charge < -0.3 is 10.4 Å². The van der Waals surface area contributed by atoms with Gasteiger partial charge in [-0.05, 0) is 18.6 Å². The van der Waals surface area contributed by atoms with Gasteiger partial charge in [0.15, 0.2) is 0 Å². The zero-order chi connectivity index (χ0) is 13.1. The normalized spacial score (nSPS) is 20.1. The summed E-state index contributed by atoms with van der Waals surface area (Å²) in [6.07, 6.45) is 0.185. The topological polar surface area (TPSA) is 52.6 Å². The van der Waals surface area contributed by atoms with Crippen LogP contribution >= 0.6 is 0 Å². The van der Waals surface area contributed by atoms with Crippen LogP contribution in [-0.4, -0.2) is 41.7 Å². The number of carbonyl (C=O) groups excluding carboxylic acids is 1. The number of aliphatic hydroxyl groups excluding tert-OH is 1. The van der Waals surface area contributed by atoms with E-state index in [1.807, 2.05) is 0 Å². The molecule has 1 amide bonds. The second-order valence-electron chi connectivity index (χ2n) is 4.32. The summed E-state index contributed by atoms with van der Waals surface area (Å²) in [6, 6.07) is 3.40. The summed E-state index contributed by atoms with van der Waals surface area (Å²) in [5.74, 6) is -2.09. The summed E-state index contributed by atoms with van der Waals surface area (Å²) in [5, 5.41) is 11.5. The number of amides is 1. The summed E-state index contributed by atoms with van der Waals surface area (Å²) in [6.45, 7) is 1.03. The number of hydrogen-bond donors (Lipinski definition) is 2. The quantitative estimate of drug-likeness (QED) is 0.847. The molecule has 0 radical (unpaired) electrons. The molecule has 0 bridgehead atoms.